The van der Waals surface area contributed by atoms with Gasteiger partial charge in [-0.25, -0.2) is 4.98 Å². The minimum absolute atomic E-state index is 0.103. The van der Waals surface area contributed by atoms with Gasteiger partial charge >= 0.3 is 0 Å². The number of aryl methyl sites for hydroxylation is 1. The Bertz CT molecular complexity index is 769. The molecule has 1 aromatic rings. The molecule has 0 aromatic carbocycles. The molecular weight excluding hydrogens is 368 g/mol. The van der Waals surface area contributed by atoms with Crippen LogP contribution in [0.2, 0.25) is 0 Å². The first-order valence-electron chi connectivity index (χ1n) is 10.5. The van der Waals surface area contributed by atoms with Crippen LogP contribution >= 0.6 is 0 Å². The quantitative estimate of drug-likeness (QED) is 0.598. The van der Waals surface area contributed by atoms with Gasteiger partial charge in [-0.3, -0.25) is 14.4 Å². The normalized spacial score (nSPS) is 17.7. The van der Waals surface area contributed by atoms with Crippen molar-refractivity contribution in [2.75, 3.05) is 0 Å². The molecule has 2 N–H and O–H groups in total. The lowest BCUT2D eigenvalue weighted by Crippen LogP contribution is -2.39. The molecular formula is C22H34N4O3. The van der Waals surface area contributed by atoms with E-state index >= 15 is 0 Å². The van der Waals surface area contributed by atoms with Gasteiger partial charge in [-0.15, -0.1) is 0 Å². The van der Waals surface area contributed by atoms with Gasteiger partial charge in [0, 0.05) is 39.1 Å². The molecule has 0 saturated heterocycles. The van der Waals surface area contributed by atoms with Crippen molar-refractivity contribution in [1.82, 2.24) is 14.5 Å². The Kier molecular flexibility index (Phi) is 8.17. The number of imidazole rings is 1. The molecule has 7 nitrogen and oxygen atoms in total. The number of allylic oxidation sites excluding steroid dienone is 1. The third-order valence-corrected chi connectivity index (χ3v) is 5.84. The van der Waals surface area contributed by atoms with Gasteiger partial charge in [-0.05, 0) is 32.6 Å². The van der Waals surface area contributed by atoms with Crippen molar-refractivity contribution < 1.29 is 14.4 Å². The number of rotatable bonds is 5. The monoisotopic (exact) mass is 402 g/mol. The van der Waals surface area contributed by atoms with Crippen LogP contribution in [-0.4, -0.2) is 38.0 Å². The summed E-state index contributed by atoms with van der Waals surface area (Å²) in [5.41, 5.74) is 6.50. The summed E-state index contributed by atoms with van der Waals surface area (Å²) in [5, 5.41) is 0. The highest BCUT2D eigenvalue weighted by atomic mass is 16.2. The lowest BCUT2D eigenvalue weighted by Gasteiger charge is -2.28. The molecule has 0 unspecified atom stereocenters. The Morgan fingerprint density at radius 2 is 1.62 bits per heavy atom. The van der Waals surface area contributed by atoms with E-state index in [1.807, 2.05) is 6.92 Å². The molecule has 29 heavy (non-hydrogen) atoms. The number of carbonyl (C=O) groups excluding carboxylic acids is 3. The van der Waals surface area contributed by atoms with Crippen molar-refractivity contribution in [3.05, 3.63) is 29.6 Å². The van der Waals surface area contributed by atoms with Gasteiger partial charge in [0.15, 0.2) is 11.6 Å². The van der Waals surface area contributed by atoms with E-state index in [1.165, 1.54) is 45.7 Å². The molecule has 1 aromatic heterocycles. The van der Waals surface area contributed by atoms with Crippen molar-refractivity contribution >= 4 is 17.5 Å². The zero-order chi connectivity index (χ0) is 21.6. The van der Waals surface area contributed by atoms with Gasteiger partial charge < -0.3 is 15.2 Å². The Labute approximate surface area is 173 Å². The van der Waals surface area contributed by atoms with Crippen LogP contribution in [0, 0.1) is 6.92 Å². The van der Waals surface area contributed by atoms with Crippen molar-refractivity contribution in [3.8, 4) is 0 Å². The molecule has 3 rings (SSSR count). The second-order valence-electron chi connectivity index (χ2n) is 7.99. The third-order valence-electron chi connectivity index (χ3n) is 5.84. The van der Waals surface area contributed by atoms with E-state index in [1.54, 1.807) is 18.0 Å². The number of aromatic nitrogens is 2. The largest absolute Gasteiger partial charge is 0.403 e. The van der Waals surface area contributed by atoms with Crippen LogP contribution in [0.4, 0.5) is 0 Å². The van der Waals surface area contributed by atoms with Crippen LogP contribution in [0.5, 0.6) is 0 Å². The van der Waals surface area contributed by atoms with Gasteiger partial charge in [0.2, 0.25) is 5.91 Å². The summed E-state index contributed by atoms with van der Waals surface area (Å²) < 4.78 is 2.12. The Morgan fingerprint density at radius 3 is 2.07 bits per heavy atom. The standard InChI is InChI=1S/C11H18N2O2.C11H16N2O/c1-8(14)11(7-12)13(9(2)15)10-5-3-4-6-10;1-8(14)11-7-12-9(2)13(11)10-5-3-4-6-10/h7,10H,3-6,12H2,1-2H3;7,10H,3-6H2,1-2H3. The molecule has 7 heteroatoms. The highest BCUT2D eigenvalue weighted by Crippen LogP contribution is 2.31. The maximum atomic E-state index is 11.5. The summed E-state index contributed by atoms with van der Waals surface area (Å²) >= 11 is 0. The van der Waals surface area contributed by atoms with Gasteiger partial charge in [0.25, 0.3) is 0 Å². The maximum absolute atomic E-state index is 11.5. The van der Waals surface area contributed by atoms with Gasteiger partial charge in [-0.2, -0.15) is 0 Å². The van der Waals surface area contributed by atoms with Crippen LogP contribution in [0.1, 0.15) is 94.5 Å². The van der Waals surface area contributed by atoms with Crippen LogP contribution in [0.15, 0.2) is 18.1 Å². The fourth-order valence-electron chi connectivity index (χ4n) is 4.49. The van der Waals surface area contributed by atoms with Crippen LogP contribution in [-0.2, 0) is 9.59 Å². The molecule has 1 heterocycles. The molecule has 2 aliphatic rings. The smallest absolute Gasteiger partial charge is 0.224 e. The lowest BCUT2D eigenvalue weighted by atomic mass is 10.1. The highest BCUT2D eigenvalue weighted by Gasteiger charge is 2.28. The summed E-state index contributed by atoms with van der Waals surface area (Å²) in [6, 6.07) is 0.664. The molecule has 0 bridgehead atoms. The zero-order valence-corrected chi connectivity index (χ0v) is 18.1. The number of carbonyl (C=O) groups is 3. The summed E-state index contributed by atoms with van der Waals surface area (Å²) in [6.45, 7) is 6.50. The summed E-state index contributed by atoms with van der Waals surface area (Å²) in [4.78, 5) is 40.0. The van der Waals surface area contributed by atoms with E-state index in [4.69, 9.17) is 5.73 Å². The van der Waals surface area contributed by atoms with Crippen molar-refractivity contribution in [2.45, 2.75) is 91.1 Å². The fourth-order valence-corrected chi connectivity index (χ4v) is 4.49. The Hall–Kier alpha value is -2.44. The van der Waals surface area contributed by atoms with Gasteiger partial charge in [0.05, 0.1) is 6.20 Å². The van der Waals surface area contributed by atoms with Crippen LogP contribution in [0.3, 0.4) is 0 Å². The van der Waals surface area contributed by atoms with Crippen LogP contribution in [0.25, 0.3) is 0 Å². The lowest BCUT2D eigenvalue weighted by molar-refractivity contribution is -0.131. The van der Waals surface area contributed by atoms with Gasteiger partial charge in [-0.1, -0.05) is 25.7 Å². The fraction of sp³-hybridized carbons (Fsp3) is 0.636. The molecule has 0 aliphatic heterocycles. The third kappa shape index (κ3) is 5.55. The highest BCUT2D eigenvalue weighted by molar-refractivity contribution is 5.97. The van der Waals surface area contributed by atoms with E-state index in [2.05, 4.69) is 9.55 Å². The predicted molar refractivity (Wildman–Crippen MR) is 112 cm³/mol. The number of hydrogen-bond donors (Lipinski definition) is 1. The number of nitrogens with zero attached hydrogens (tertiary/aromatic N) is 3. The molecule has 0 spiro atoms. The Balaban J connectivity index is 0.000000207. The average Bonchev–Trinajstić information content (AvgIpc) is 3.40. The minimum Gasteiger partial charge on any atom is -0.403 e. The molecule has 2 saturated carbocycles. The van der Waals surface area contributed by atoms with E-state index in [-0.39, 0.29) is 23.5 Å². The molecule has 0 atom stereocenters. The second kappa shape index (κ2) is 10.4. The van der Waals surface area contributed by atoms with Crippen molar-refractivity contribution in [3.63, 3.8) is 0 Å². The van der Waals surface area contributed by atoms with Crippen molar-refractivity contribution in [2.24, 2.45) is 5.73 Å². The van der Waals surface area contributed by atoms with E-state index in [0.717, 1.165) is 37.2 Å². The molecule has 2 aliphatic carbocycles. The topological polar surface area (TPSA) is 98.3 Å². The molecule has 160 valence electrons. The summed E-state index contributed by atoms with van der Waals surface area (Å²) in [6.07, 6.45) is 12.0. The van der Waals surface area contributed by atoms with Gasteiger partial charge in [0.1, 0.15) is 17.2 Å². The van der Waals surface area contributed by atoms with E-state index in [0.29, 0.717) is 11.7 Å². The molecule has 2 fully saturated rings. The first kappa shape index (κ1) is 22.8. The number of hydrogen-bond acceptors (Lipinski definition) is 5. The first-order valence-corrected chi connectivity index (χ1v) is 10.5. The van der Waals surface area contributed by atoms with Crippen molar-refractivity contribution in [1.29, 1.82) is 0 Å². The molecule has 1 amide bonds. The minimum atomic E-state index is -0.153. The van der Waals surface area contributed by atoms with Crippen LogP contribution < -0.4 is 5.73 Å². The SMILES string of the molecule is CC(=O)C(=CN)N(C(C)=O)C1CCCC1.CC(=O)c1cnc(C)n1C1CCCC1. The van der Waals surface area contributed by atoms with E-state index < -0.39 is 0 Å². The maximum Gasteiger partial charge on any atom is 0.224 e. The first-order chi connectivity index (χ1) is 13.8. The second-order valence-corrected chi connectivity index (χ2v) is 7.99. The number of amides is 1. The van der Waals surface area contributed by atoms with E-state index in [9.17, 15) is 14.4 Å². The zero-order valence-electron chi connectivity index (χ0n) is 18.1. The average molecular weight is 403 g/mol. The number of nitrogens with two attached hydrogens (primary N) is 1. The Morgan fingerprint density at radius 1 is 1.07 bits per heavy atom. The molecule has 0 radical (unpaired) electrons. The predicted octanol–water partition coefficient (Wildman–Crippen LogP) is 3.68. The number of Topliss-reactive ketones (excluding diaryl/α,β-unsaturated/α-hetero) is 2. The summed E-state index contributed by atoms with van der Waals surface area (Å²) in [5.74, 6) is 0.841. The summed E-state index contributed by atoms with van der Waals surface area (Å²) in [7, 11) is 0. The number of ketones is 2.